The number of nitrogens with one attached hydrogen (secondary N) is 1. The molecule has 0 aliphatic heterocycles. The summed E-state index contributed by atoms with van der Waals surface area (Å²) in [5, 5.41) is 12.0. The smallest absolute Gasteiger partial charge is 0.326 e. The lowest BCUT2D eigenvalue weighted by Gasteiger charge is -2.28. The molecule has 0 aliphatic rings. The van der Waals surface area contributed by atoms with Crippen molar-refractivity contribution in [3.05, 3.63) is 18.2 Å². The van der Waals surface area contributed by atoms with E-state index >= 15 is 0 Å². The van der Waals surface area contributed by atoms with Crippen molar-refractivity contribution < 1.29 is 19.5 Å². The minimum atomic E-state index is -1.08. The Labute approximate surface area is 154 Å². The van der Waals surface area contributed by atoms with Crippen LogP contribution in [0.4, 0.5) is 0 Å². The summed E-state index contributed by atoms with van der Waals surface area (Å²) < 4.78 is 1.77. The Morgan fingerprint density at radius 3 is 2.38 bits per heavy atom. The van der Waals surface area contributed by atoms with E-state index in [2.05, 4.69) is 10.3 Å². The van der Waals surface area contributed by atoms with E-state index in [-0.39, 0.29) is 17.7 Å². The lowest BCUT2D eigenvalue weighted by molar-refractivity contribution is -0.144. The largest absolute Gasteiger partial charge is 0.480 e. The summed E-state index contributed by atoms with van der Waals surface area (Å²) in [7, 11) is 3.34. The first kappa shape index (κ1) is 21.7. The fraction of sp³-hybridized carbons (Fsp3) is 0.667. The third kappa shape index (κ3) is 6.50. The van der Waals surface area contributed by atoms with Crippen molar-refractivity contribution in [1.29, 1.82) is 0 Å². The van der Waals surface area contributed by atoms with Crippen molar-refractivity contribution in [3.8, 4) is 0 Å². The van der Waals surface area contributed by atoms with Gasteiger partial charge >= 0.3 is 5.97 Å². The highest BCUT2D eigenvalue weighted by Gasteiger charge is 2.30. The number of aliphatic carboxylic acids is 1. The number of likely N-dealkylation sites (N-methyl/N-ethyl adjacent to an activating group) is 1. The van der Waals surface area contributed by atoms with Crippen LogP contribution in [-0.2, 0) is 27.9 Å². The number of aromatic nitrogens is 2. The molecule has 0 aromatic carbocycles. The summed E-state index contributed by atoms with van der Waals surface area (Å²) in [6, 6.07) is -1.80. The highest BCUT2D eigenvalue weighted by molar-refractivity contribution is 5.90. The summed E-state index contributed by atoms with van der Waals surface area (Å²) in [4.78, 5) is 41.4. The van der Waals surface area contributed by atoms with Crippen LogP contribution in [0.15, 0.2) is 12.5 Å². The molecule has 8 heteroatoms. The molecule has 2 N–H and O–H groups in total. The van der Waals surface area contributed by atoms with Crippen LogP contribution in [-0.4, -0.2) is 56.5 Å². The fourth-order valence-electron chi connectivity index (χ4n) is 2.51. The van der Waals surface area contributed by atoms with Crippen LogP contribution in [0, 0.1) is 5.41 Å². The second-order valence-corrected chi connectivity index (χ2v) is 7.84. The van der Waals surface area contributed by atoms with E-state index in [1.54, 1.807) is 24.1 Å². The topological polar surface area (TPSA) is 105 Å². The molecule has 1 aromatic heterocycles. The van der Waals surface area contributed by atoms with Gasteiger partial charge in [0.25, 0.3) is 0 Å². The van der Waals surface area contributed by atoms with E-state index in [1.165, 1.54) is 18.9 Å². The molecular formula is C18H30N4O4. The maximum absolute atomic E-state index is 12.8. The van der Waals surface area contributed by atoms with Gasteiger partial charge in [0.1, 0.15) is 12.1 Å². The summed E-state index contributed by atoms with van der Waals surface area (Å²) in [5.41, 5.74) is 0.739. The summed E-state index contributed by atoms with van der Waals surface area (Å²) >= 11 is 0. The van der Waals surface area contributed by atoms with Gasteiger partial charge in [0.05, 0.1) is 6.33 Å². The van der Waals surface area contributed by atoms with Crippen LogP contribution in [0.2, 0.25) is 0 Å². The minimum absolute atomic E-state index is 0.0390. The number of hydrogen-bond acceptors (Lipinski definition) is 4. The van der Waals surface area contributed by atoms with E-state index in [9.17, 15) is 19.5 Å². The molecule has 0 radical (unpaired) electrons. The molecule has 0 fully saturated rings. The summed E-state index contributed by atoms with van der Waals surface area (Å²) in [6.45, 7) is 7.42. The predicted molar refractivity (Wildman–Crippen MR) is 97.4 cm³/mol. The minimum Gasteiger partial charge on any atom is -0.480 e. The van der Waals surface area contributed by atoms with Crippen molar-refractivity contribution >= 4 is 17.8 Å². The van der Waals surface area contributed by atoms with Crippen molar-refractivity contribution in [2.75, 3.05) is 7.05 Å². The molecular weight excluding hydrogens is 336 g/mol. The molecule has 1 rings (SSSR count). The molecule has 2 amide bonds. The molecule has 2 unspecified atom stereocenters. The highest BCUT2D eigenvalue weighted by atomic mass is 16.4. The Hall–Kier alpha value is -2.38. The van der Waals surface area contributed by atoms with E-state index in [0.717, 1.165) is 5.69 Å². The van der Waals surface area contributed by atoms with Crippen LogP contribution < -0.4 is 5.32 Å². The van der Waals surface area contributed by atoms with Crippen LogP contribution in [0.5, 0.6) is 0 Å². The van der Waals surface area contributed by atoms with Gasteiger partial charge in [-0.2, -0.15) is 0 Å². The summed E-state index contributed by atoms with van der Waals surface area (Å²) in [5.74, 6) is -1.83. The number of rotatable bonds is 8. The van der Waals surface area contributed by atoms with E-state index in [1.807, 2.05) is 20.8 Å². The molecule has 0 aliphatic carbocycles. The van der Waals surface area contributed by atoms with Crippen molar-refractivity contribution in [1.82, 2.24) is 19.8 Å². The highest BCUT2D eigenvalue weighted by Crippen LogP contribution is 2.22. The molecule has 0 saturated heterocycles. The lowest BCUT2D eigenvalue weighted by Crippen LogP contribution is -2.52. The van der Waals surface area contributed by atoms with Gasteiger partial charge in [0.2, 0.25) is 11.8 Å². The number of carbonyl (C=O) groups is 3. The van der Waals surface area contributed by atoms with E-state index in [4.69, 9.17) is 0 Å². The van der Waals surface area contributed by atoms with E-state index < -0.39 is 24.0 Å². The van der Waals surface area contributed by atoms with Gasteiger partial charge in [0.15, 0.2) is 0 Å². The van der Waals surface area contributed by atoms with E-state index in [0.29, 0.717) is 12.8 Å². The number of hydrogen-bond donors (Lipinski definition) is 2. The zero-order chi connectivity index (χ0) is 20.1. The van der Waals surface area contributed by atoms with Gasteiger partial charge in [-0.3, -0.25) is 9.59 Å². The zero-order valence-corrected chi connectivity index (χ0v) is 16.4. The van der Waals surface area contributed by atoms with Gasteiger partial charge in [-0.15, -0.1) is 0 Å². The van der Waals surface area contributed by atoms with Crippen molar-refractivity contribution in [3.63, 3.8) is 0 Å². The molecule has 8 nitrogen and oxygen atoms in total. The monoisotopic (exact) mass is 366 g/mol. The van der Waals surface area contributed by atoms with Crippen molar-refractivity contribution in [2.45, 2.75) is 59.0 Å². The molecule has 1 aromatic rings. The van der Waals surface area contributed by atoms with Crippen LogP contribution in [0.25, 0.3) is 0 Å². The standard InChI is InChI=1S/C18H30N4O4/c1-12(23)22(6)15(9-13-10-19-11-21(13)5)16(24)20-14(17(25)26)7-8-18(2,3)4/h10-11,14-15H,7-9H2,1-6H3,(H,20,24)(H,25,26). The average Bonchev–Trinajstić information content (AvgIpc) is 2.91. The molecule has 0 bridgehead atoms. The summed E-state index contributed by atoms with van der Waals surface area (Å²) in [6.07, 6.45) is 4.47. The van der Waals surface area contributed by atoms with Crippen LogP contribution >= 0.6 is 0 Å². The first-order chi connectivity index (χ1) is 11.9. The fourth-order valence-corrected chi connectivity index (χ4v) is 2.51. The maximum Gasteiger partial charge on any atom is 0.326 e. The number of carbonyl (C=O) groups excluding carboxylic acids is 2. The Bertz CT molecular complexity index is 648. The molecule has 1 heterocycles. The maximum atomic E-state index is 12.8. The predicted octanol–water partition coefficient (Wildman–Crippen LogP) is 1.21. The molecule has 0 saturated carbocycles. The van der Waals surface area contributed by atoms with Crippen molar-refractivity contribution in [2.24, 2.45) is 12.5 Å². The molecule has 26 heavy (non-hydrogen) atoms. The Kier molecular flexibility index (Phi) is 7.35. The van der Waals surface area contributed by atoms with Gasteiger partial charge in [-0.05, 0) is 18.3 Å². The molecule has 146 valence electrons. The van der Waals surface area contributed by atoms with Gasteiger partial charge in [-0.25, -0.2) is 9.78 Å². The normalized spacial score (nSPS) is 13.8. The third-order valence-corrected chi connectivity index (χ3v) is 4.38. The Morgan fingerprint density at radius 2 is 1.96 bits per heavy atom. The first-order valence-electron chi connectivity index (χ1n) is 8.64. The molecule has 0 spiro atoms. The van der Waals surface area contributed by atoms with Gasteiger partial charge in [-0.1, -0.05) is 20.8 Å². The number of amides is 2. The quantitative estimate of drug-likeness (QED) is 0.719. The number of carboxylic acids is 1. The SMILES string of the molecule is CC(=O)N(C)C(Cc1cncn1C)C(=O)NC(CCC(C)(C)C)C(=O)O. The number of carboxylic acid groups (broad SMARTS) is 1. The lowest BCUT2D eigenvalue weighted by atomic mass is 9.88. The average molecular weight is 366 g/mol. The zero-order valence-electron chi connectivity index (χ0n) is 16.4. The first-order valence-corrected chi connectivity index (χ1v) is 8.64. The van der Waals surface area contributed by atoms with Gasteiger partial charge in [0, 0.05) is 39.3 Å². The number of imidazole rings is 1. The van der Waals surface area contributed by atoms with Crippen LogP contribution in [0.3, 0.4) is 0 Å². The third-order valence-electron chi connectivity index (χ3n) is 4.38. The Balaban J connectivity index is 2.93. The van der Waals surface area contributed by atoms with Crippen LogP contribution in [0.1, 0.15) is 46.2 Å². The number of nitrogens with zero attached hydrogens (tertiary/aromatic N) is 3. The number of aryl methyl sites for hydroxylation is 1. The Morgan fingerprint density at radius 1 is 1.35 bits per heavy atom. The second kappa shape index (κ2) is 8.82. The second-order valence-electron chi connectivity index (χ2n) is 7.84. The molecule has 2 atom stereocenters. The van der Waals surface area contributed by atoms with Gasteiger partial charge < -0.3 is 19.9 Å².